The van der Waals surface area contributed by atoms with Crippen molar-refractivity contribution in [3.05, 3.63) is 54.4 Å². The summed E-state index contributed by atoms with van der Waals surface area (Å²) in [6.45, 7) is 2.08. The van der Waals surface area contributed by atoms with Gasteiger partial charge in [0.15, 0.2) is 11.0 Å². The number of amides is 1. The van der Waals surface area contributed by atoms with Gasteiger partial charge in [-0.25, -0.2) is 13.6 Å². The zero-order chi connectivity index (χ0) is 24.9. The average Bonchev–Trinajstić information content (AvgIpc) is 3.21. The van der Waals surface area contributed by atoms with Crippen molar-refractivity contribution >= 4 is 33.4 Å². The number of rotatable bonds is 10. The number of primary sulfonamides is 1. The van der Waals surface area contributed by atoms with Gasteiger partial charge in [-0.1, -0.05) is 24.8 Å². The molecule has 0 aliphatic rings. The van der Waals surface area contributed by atoms with Crippen LogP contribution in [0, 0.1) is 0 Å². The molecule has 0 saturated heterocycles. The van der Waals surface area contributed by atoms with Gasteiger partial charge in [-0.15, -0.1) is 10.2 Å². The Hall–Kier alpha value is -2.93. The van der Waals surface area contributed by atoms with Gasteiger partial charge in [0, 0.05) is 11.4 Å². The molecule has 0 aliphatic carbocycles. The Labute approximate surface area is 203 Å². The van der Waals surface area contributed by atoms with Gasteiger partial charge in [0.25, 0.3) is 0 Å². The van der Waals surface area contributed by atoms with Crippen LogP contribution in [0.1, 0.15) is 25.2 Å². The van der Waals surface area contributed by atoms with Crippen molar-refractivity contribution < 1.29 is 17.9 Å². The smallest absolute Gasteiger partial charge is 0.238 e. The Kier molecular flexibility index (Phi) is 8.31. The number of hydrogen-bond donors (Lipinski definition) is 2. The monoisotopic (exact) mass is 504 g/mol. The highest BCUT2D eigenvalue weighted by Gasteiger charge is 2.23. The number of carbonyl (C=O) groups is 1. The first kappa shape index (κ1) is 25.7. The summed E-state index contributed by atoms with van der Waals surface area (Å²) in [5.74, 6) is 1.23. The van der Waals surface area contributed by atoms with Gasteiger partial charge in [-0.3, -0.25) is 14.3 Å². The SMILES string of the molecule is CC[C@@H](c1nnc(SCC(=O)Nc2cccc(S(N)(=O)=O)c2)n1-c1ccc(OC)cc1)N(C)C. The van der Waals surface area contributed by atoms with Crippen LogP contribution in [0.15, 0.2) is 58.6 Å². The van der Waals surface area contributed by atoms with Gasteiger partial charge < -0.3 is 10.1 Å². The lowest BCUT2D eigenvalue weighted by atomic mass is 10.2. The molecule has 3 aromatic rings. The quantitative estimate of drug-likeness (QED) is 0.403. The lowest BCUT2D eigenvalue weighted by Gasteiger charge is -2.23. The Balaban J connectivity index is 1.84. The second-order valence-corrected chi connectivity index (χ2v) is 10.2. The van der Waals surface area contributed by atoms with Gasteiger partial charge in [0.1, 0.15) is 5.75 Å². The van der Waals surface area contributed by atoms with E-state index >= 15 is 0 Å². The lowest BCUT2D eigenvalue weighted by Crippen LogP contribution is -2.23. The summed E-state index contributed by atoms with van der Waals surface area (Å²) >= 11 is 1.23. The highest BCUT2D eigenvalue weighted by atomic mass is 32.2. The van der Waals surface area contributed by atoms with E-state index in [1.165, 1.54) is 30.0 Å². The van der Waals surface area contributed by atoms with E-state index in [0.29, 0.717) is 10.8 Å². The largest absolute Gasteiger partial charge is 0.497 e. The fourth-order valence-corrected chi connectivity index (χ4v) is 4.74. The normalized spacial score (nSPS) is 12.5. The summed E-state index contributed by atoms with van der Waals surface area (Å²) in [6.07, 6.45) is 0.826. The highest BCUT2D eigenvalue weighted by Crippen LogP contribution is 2.29. The number of carbonyl (C=O) groups excluding carboxylic acids is 1. The molecule has 1 atom stereocenters. The van der Waals surface area contributed by atoms with Crippen LogP contribution in [0.2, 0.25) is 0 Å². The maximum absolute atomic E-state index is 12.6. The summed E-state index contributed by atoms with van der Waals surface area (Å²) in [5, 5.41) is 17.2. The molecule has 182 valence electrons. The van der Waals surface area contributed by atoms with Crippen molar-refractivity contribution in [2.24, 2.45) is 5.14 Å². The molecule has 1 amide bonds. The second-order valence-electron chi connectivity index (χ2n) is 7.67. The summed E-state index contributed by atoms with van der Waals surface area (Å²) < 4.78 is 30.3. The third-order valence-corrected chi connectivity index (χ3v) is 6.92. The van der Waals surface area contributed by atoms with Gasteiger partial charge >= 0.3 is 0 Å². The van der Waals surface area contributed by atoms with Crippen molar-refractivity contribution in [2.75, 3.05) is 32.3 Å². The molecular formula is C22H28N6O4S2. The van der Waals surface area contributed by atoms with E-state index in [1.807, 2.05) is 42.9 Å². The number of thioether (sulfide) groups is 1. The van der Waals surface area contributed by atoms with Crippen LogP contribution in [-0.2, 0) is 14.8 Å². The molecule has 0 spiro atoms. The Morgan fingerprint density at radius 3 is 2.50 bits per heavy atom. The maximum atomic E-state index is 12.6. The minimum absolute atomic E-state index is 0.0266. The first-order chi connectivity index (χ1) is 16.1. The predicted octanol–water partition coefficient (Wildman–Crippen LogP) is 2.67. The topological polar surface area (TPSA) is 132 Å². The van der Waals surface area contributed by atoms with E-state index in [0.717, 1.165) is 23.7 Å². The number of aromatic nitrogens is 3. The number of nitrogens with two attached hydrogens (primary N) is 1. The molecule has 0 bridgehead atoms. The van der Waals surface area contributed by atoms with Crippen molar-refractivity contribution in [3.8, 4) is 11.4 Å². The Morgan fingerprint density at radius 2 is 1.91 bits per heavy atom. The number of benzene rings is 2. The van der Waals surface area contributed by atoms with Crippen LogP contribution >= 0.6 is 11.8 Å². The highest BCUT2D eigenvalue weighted by molar-refractivity contribution is 7.99. The number of anilines is 1. The predicted molar refractivity (Wildman–Crippen MR) is 132 cm³/mol. The van der Waals surface area contributed by atoms with Crippen molar-refractivity contribution in [3.63, 3.8) is 0 Å². The molecule has 3 N–H and O–H groups in total. The molecule has 0 saturated carbocycles. The molecule has 3 rings (SSSR count). The van der Waals surface area contributed by atoms with E-state index in [2.05, 4.69) is 27.3 Å². The first-order valence-corrected chi connectivity index (χ1v) is 13.0. The number of sulfonamides is 1. The zero-order valence-electron chi connectivity index (χ0n) is 19.4. The van der Waals surface area contributed by atoms with Gasteiger partial charge in [0.05, 0.1) is 23.8 Å². The summed E-state index contributed by atoms with van der Waals surface area (Å²) in [7, 11) is 1.71. The molecule has 0 fully saturated rings. The molecule has 0 radical (unpaired) electrons. The summed E-state index contributed by atoms with van der Waals surface area (Å²) in [5.41, 5.74) is 1.19. The number of ether oxygens (including phenoxy) is 1. The van der Waals surface area contributed by atoms with Crippen molar-refractivity contribution in [1.29, 1.82) is 0 Å². The van der Waals surface area contributed by atoms with E-state index in [-0.39, 0.29) is 22.6 Å². The third kappa shape index (κ3) is 6.14. The van der Waals surface area contributed by atoms with Gasteiger partial charge in [-0.2, -0.15) is 0 Å². The van der Waals surface area contributed by atoms with Crippen molar-refractivity contribution in [1.82, 2.24) is 19.7 Å². The minimum Gasteiger partial charge on any atom is -0.497 e. The fourth-order valence-electron chi connectivity index (χ4n) is 3.42. The number of hydrogen-bond acceptors (Lipinski definition) is 8. The van der Waals surface area contributed by atoms with Crippen LogP contribution in [-0.4, -0.2) is 60.9 Å². The van der Waals surface area contributed by atoms with Gasteiger partial charge in [0.2, 0.25) is 15.9 Å². The van der Waals surface area contributed by atoms with Crippen LogP contribution in [0.5, 0.6) is 5.75 Å². The fraction of sp³-hybridized carbons (Fsp3) is 0.318. The van der Waals surface area contributed by atoms with Crippen LogP contribution in [0.25, 0.3) is 5.69 Å². The zero-order valence-corrected chi connectivity index (χ0v) is 21.1. The second kappa shape index (κ2) is 11.0. The molecule has 0 aliphatic heterocycles. The molecule has 34 heavy (non-hydrogen) atoms. The lowest BCUT2D eigenvalue weighted by molar-refractivity contribution is -0.113. The summed E-state index contributed by atoms with van der Waals surface area (Å²) in [4.78, 5) is 14.6. The maximum Gasteiger partial charge on any atom is 0.238 e. The van der Waals surface area contributed by atoms with E-state index in [4.69, 9.17) is 9.88 Å². The number of nitrogens with zero attached hydrogens (tertiary/aromatic N) is 4. The van der Waals surface area contributed by atoms with Crippen LogP contribution < -0.4 is 15.2 Å². The molecular weight excluding hydrogens is 476 g/mol. The Bertz CT molecular complexity index is 1240. The summed E-state index contributed by atoms with van der Waals surface area (Å²) in [6, 6.07) is 13.4. The van der Waals surface area contributed by atoms with E-state index in [9.17, 15) is 13.2 Å². The average molecular weight is 505 g/mol. The van der Waals surface area contributed by atoms with Crippen LogP contribution in [0.3, 0.4) is 0 Å². The van der Waals surface area contributed by atoms with Crippen molar-refractivity contribution in [2.45, 2.75) is 29.4 Å². The third-order valence-electron chi connectivity index (χ3n) is 5.08. The number of methoxy groups -OCH3 is 1. The molecule has 10 nitrogen and oxygen atoms in total. The molecule has 0 unspecified atom stereocenters. The van der Waals surface area contributed by atoms with Crippen LogP contribution in [0.4, 0.5) is 5.69 Å². The molecule has 1 aromatic heterocycles. The molecule has 1 heterocycles. The van der Waals surface area contributed by atoms with E-state index < -0.39 is 10.0 Å². The van der Waals surface area contributed by atoms with E-state index in [1.54, 1.807) is 13.2 Å². The van der Waals surface area contributed by atoms with Gasteiger partial charge in [-0.05, 0) is 63.0 Å². The molecule has 12 heteroatoms. The number of nitrogens with one attached hydrogen (secondary N) is 1. The minimum atomic E-state index is -3.86. The Morgan fingerprint density at radius 1 is 1.21 bits per heavy atom. The standard InChI is InChI=1S/C22H28N6O4S2/c1-5-19(27(2)3)21-25-26-22(28(21)16-9-11-17(32-4)12-10-16)33-14-20(29)24-15-7-6-8-18(13-15)34(23,30)31/h6-13,19H,5,14H2,1-4H3,(H,24,29)(H2,23,30,31)/t19-/m0/s1. The first-order valence-electron chi connectivity index (χ1n) is 10.5. The molecule has 2 aromatic carbocycles.